The molecule has 0 aliphatic heterocycles. The Morgan fingerprint density at radius 1 is 1.36 bits per heavy atom. The highest BCUT2D eigenvalue weighted by molar-refractivity contribution is 5.83. The summed E-state index contributed by atoms with van der Waals surface area (Å²) in [5.74, 6) is 7.54. The normalized spacial score (nSPS) is 22.3. The Morgan fingerprint density at radius 2 is 2.14 bits per heavy atom. The maximum atomic E-state index is 10.8. The lowest BCUT2D eigenvalue weighted by atomic mass is 9.79. The first-order chi connectivity index (χ1) is 13.5. The molecule has 28 heavy (non-hydrogen) atoms. The molecule has 0 spiro atoms. The fourth-order valence-electron chi connectivity index (χ4n) is 3.87. The highest BCUT2D eigenvalue weighted by atomic mass is 16.3. The number of anilines is 1. The van der Waals surface area contributed by atoms with Crippen molar-refractivity contribution in [3.8, 4) is 11.8 Å². The number of aliphatic hydroxyl groups excluding tert-OH is 1. The minimum atomic E-state index is -0.968. The van der Waals surface area contributed by atoms with Gasteiger partial charge in [0.05, 0.1) is 12.9 Å². The molecule has 152 valence electrons. The van der Waals surface area contributed by atoms with E-state index in [4.69, 9.17) is 0 Å². The standard InChI is InChI=1S/C21H31N5O2/c1-4-16(5-2)23-19-18-20(26(11-12-27)14-22-18)25-17(24-19)8-10-21(28)9-6-7-15(3)13-21/h14-16,27-28H,4-7,9,11-13H2,1-3H3,(H,23,24,25). The summed E-state index contributed by atoms with van der Waals surface area (Å²) >= 11 is 0. The van der Waals surface area contributed by atoms with Crippen molar-refractivity contribution in [1.29, 1.82) is 0 Å². The molecule has 0 aromatic carbocycles. The van der Waals surface area contributed by atoms with Crippen molar-refractivity contribution in [2.75, 3.05) is 11.9 Å². The minimum Gasteiger partial charge on any atom is -0.395 e. The molecule has 1 saturated carbocycles. The van der Waals surface area contributed by atoms with Gasteiger partial charge in [-0.1, -0.05) is 33.1 Å². The lowest BCUT2D eigenvalue weighted by Gasteiger charge is -2.30. The van der Waals surface area contributed by atoms with E-state index in [1.807, 2.05) is 0 Å². The third-order valence-corrected chi connectivity index (χ3v) is 5.51. The largest absolute Gasteiger partial charge is 0.395 e. The molecule has 2 aromatic rings. The summed E-state index contributed by atoms with van der Waals surface area (Å²) in [6.07, 6.45) is 7.10. The number of hydrogen-bond donors (Lipinski definition) is 3. The topological polar surface area (TPSA) is 96.1 Å². The Kier molecular flexibility index (Phi) is 6.53. The molecule has 7 heteroatoms. The van der Waals surface area contributed by atoms with E-state index in [1.54, 1.807) is 10.9 Å². The second-order valence-corrected chi connectivity index (χ2v) is 7.87. The van der Waals surface area contributed by atoms with Gasteiger partial charge in [-0.3, -0.25) is 0 Å². The summed E-state index contributed by atoms with van der Waals surface area (Å²) < 4.78 is 1.80. The van der Waals surface area contributed by atoms with E-state index < -0.39 is 5.60 Å². The van der Waals surface area contributed by atoms with Gasteiger partial charge in [-0.2, -0.15) is 0 Å². The van der Waals surface area contributed by atoms with Gasteiger partial charge in [-0.05, 0) is 43.9 Å². The van der Waals surface area contributed by atoms with Crippen molar-refractivity contribution >= 4 is 17.0 Å². The van der Waals surface area contributed by atoms with E-state index in [0.29, 0.717) is 48.1 Å². The second-order valence-electron chi connectivity index (χ2n) is 7.87. The molecule has 1 aliphatic rings. The Balaban J connectivity index is 2.00. The van der Waals surface area contributed by atoms with Crippen LogP contribution in [0.25, 0.3) is 11.2 Å². The highest BCUT2D eigenvalue weighted by Crippen LogP contribution is 2.31. The van der Waals surface area contributed by atoms with Crippen molar-refractivity contribution in [2.45, 2.75) is 77.5 Å². The van der Waals surface area contributed by atoms with Gasteiger partial charge in [0, 0.05) is 12.6 Å². The fraction of sp³-hybridized carbons (Fsp3) is 0.667. The first-order valence-electron chi connectivity index (χ1n) is 10.3. The lowest BCUT2D eigenvalue weighted by molar-refractivity contribution is 0.0410. The molecule has 0 bridgehead atoms. The van der Waals surface area contributed by atoms with E-state index in [2.05, 4.69) is 52.9 Å². The van der Waals surface area contributed by atoms with Crippen molar-refractivity contribution in [3.63, 3.8) is 0 Å². The predicted octanol–water partition coefficient (Wildman–Crippen LogP) is 2.71. The van der Waals surface area contributed by atoms with Gasteiger partial charge < -0.3 is 20.1 Å². The Morgan fingerprint density at radius 3 is 2.82 bits per heavy atom. The number of imidazole rings is 1. The van der Waals surface area contributed by atoms with Crippen LogP contribution in [0.2, 0.25) is 0 Å². The number of aromatic nitrogens is 4. The number of nitrogens with zero attached hydrogens (tertiary/aromatic N) is 4. The van der Waals surface area contributed by atoms with Gasteiger partial charge in [-0.15, -0.1) is 0 Å². The number of rotatable bonds is 6. The van der Waals surface area contributed by atoms with Gasteiger partial charge >= 0.3 is 0 Å². The monoisotopic (exact) mass is 385 g/mol. The zero-order chi connectivity index (χ0) is 20.1. The van der Waals surface area contributed by atoms with Crippen molar-refractivity contribution in [1.82, 2.24) is 19.5 Å². The van der Waals surface area contributed by atoms with Crippen molar-refractivity contribution in [3.05, 3.63) is 12.2 Å². The molecule has 7 nitrogen and oxygen atoms in total. The zero-order valence-corrected chi connectivity index (χ0v) is 17.1. The first-order valence-corrected chi connectivity index (χ1v) is 10.3. The van der Waals surface area contributed by atoms with Crippen LogP contribution < -0.4 is 5.32 Å². The second kappa shape index (κ2) is 8.89. The summed E-state index contributed by atoms with van der Waals surface area (Å²) in [7, 11) is 0. The van der Waals surface area contributed by atoms with Crippen molar-refractivity contribution in [2.24, 2.45) is 5.92 Å². The molecule has 3 N–H and O–H groups in total. The van der Waals surface area contributed by atoms with Crippen LogP contribution >= 0.6 is 0 Å². The molecular weight excluding hydrogens is 354 g/mol. The number of hydrogen-bond acceptors (Lipinski definition) is 6. The number of fused-ring (bicyclic) bond motifs is 1. The van der Waals surface area contributed by atoms with E-state index in [0.717, 1.165) is 25.7 Å². The number of aliphatic hydroxyl groups is 2. The third kappa shape index (κ3) is 4.62. The van der Waals surface area contributed by atoms with E-state index in [-0.39, 0.29) is 12.6 Å². The molecule has 1 aliphatic carbocycles. The lowest BCUT2D eigenvalue weighted by Crippen LogP contribution is -2.32. The Bertz CT molecular complexity index is 865. The summed E-state index contributed by atoms with van der Waals surface area (Å²) in [6, 6.07) is 0.283. The van der Waals surface area contributed by atoms with Crippen LogP contribution in [-0.4, -0.2) is 48.0 Å². The number of nitrogens with one attached hydrogen (secondary N) is 1. The molecule has 2 unspecified atom stereocenters. The smallest absolute Gasteiger partial charge is 0.209 e. The van der Waals surface area contributed by atoms with E-state index in [1.165, 1.54) is 0 Å². The van der Waals surface area contributed by atoms with Crippen LogP contribution in [0.5, 0.6) is 0 Å². The molecule has 0 saturated heterocycles. The Hall–Kier alpha value is -2.17. The average Bonchev–Trinajstić information content (AvgIpc) is 3.08. The van der Waals surface area contributed by atoms with Crippen LogP contribution in [0, 0.1) is 17.8 Å². The molecular formula is C21H31N5O2. The first kappa shape index (κ1) is 20.6. The molecule has 1 fully saturated rings. The van der Waals surface area contributed by atoms with Crippen LogP contribution in [-0.2, 0) is 6.54 Å². The molecule has 3 rings (SSSR count). The summed E-state index contributed by atoms with van der Waals surface area (Å²) in [6.45, 7) is 6.82. The van der Waals surface area contributed by atoms with Crippen LogP contribution in [0.4, 0.5) is 5.82 Å². The van der Waals surface area contributed by atoms with Crippen molar-refractivity contribution < 1.29 is 10.2 Å². The quantitative estimate of drug-likeness (QED) is 0.662. The highest BCUT2D eigenvalue weighted by Gasteiger charge is 2.30. The molecule has 2 heterocycles. The third-order valence-electron chi connectivity index (χ3n) is 5.51. The maximum absolute atomic E-state index is 10.8. The average molecular weight is 386 g/mol. The van der Waals surface area contributed by atoms with Gasteiger partial charge in [-0.25, -0.2) is 15.0 Å². The predicted molar refractivity (Wildman–Crippen MR) is 110 cm³/mol. The zero-order valence-electron chi connectivity index (χ0n) is 17.1. The summed E-state index contributed by atoms with van der Waals surface area (Å²) in [4.78, 5) is 13.6. The molecule has 2 aromatic heterocycles. The maximum Gasteiger partial charge on any atom is 0.209 e. The van der Waals surface area contributed by atoms with E-state index >= 15 is 0 Å². The summed E-state index contributed by atoms with van der Waals surface area (Å²) in [5.41, 5.74) is 0.353. The molecule has 0 radical (unpaired) electrons. The molecule has 2 atom stereocenters. The van der Waals surface area contributed by atoms with Gasteiger partial charge in [0.15, 0.2) is 17.0 Å². The minimum absolute atomic E-state index is 0.00339. The SMILES string of the molecule is CCC(CC)Nc1nc(C#CC2(O)CCCC(C)C2)nc2c1ncn2CCO. The summed E-state index contributed by atoms with van der Waals surface area (Å²) in [5, 5.41) is 23.6. The van der Waals surface area contributed by atoms with Crippen LogP contribution in [0.1, 0.15) is 65.1 Å². The Labute approximate surface area is 166 Å². The van der Waals surface area contributed by atoms with Gasteiger partial charge in [0.1, 0.15) is 5.60 Å². The van der Waals surface area contributed by atoms with Gasteiger partial charge in [0.2, 0.25) is 5.82 Å². The fourth-order valence-corrected chi connectivity index (χ4v) is 3.87. The van der Waals surface area contributed by atoms with Crippen LogP contribution in [0.15, 0.2) is 6.33 Å². The van der Waals surface area contributed by atoms with E-state index in [9.17, 15) is 10.2 Å². The van der Waals surface area contributed by atoms with Gasteiger partial charge in [0.25, 0.3) is 0 Å². The van der Waals surface area contributed by atoms with Crippen LogP contribution in [0.3, 0.4) is 0 Å². The molecule has 0 amide bonds.